The molecule has 1 amide bonds. The van der Waals surface area contributed by atoms with Crippen LogP contribution in [0.15, 0.2) is 0 Å². The number of carbonyl (C=O) groups is 1. The molecule has 0 aromatic rings. The van der Waals surface area contributed by atoms with Gasteiger partial charge in [0.15, 0.2) is 0 Å². The second-order valence-corrected chi connectivity index (χ2v) is 4.03. The fourth-order valence-corrected chi connectivity index (χ4v) is 1.96. The third-order valence-corrected chi connectivity index (χ3v) is 2.69. The van der Waals surface area contributed by atoms with E-state index in [1.807, 2.05) is 0 Å². The van der Waals surface area contributed by atoms with Gasteiger partial charge >= 0.3 is 0 Å². The van der Waals surface area contributed by atoms with Crippen LogP contribution < -0.4 is 11.1 Å². The second kappa shape index (κ2) is 5.98. The van der Waals surface area contributed by atoms with Gasteiger partial charge in [-0.2, -0.15) is 0 Å². The zero-order chi connectivity index (χ0) is 10.4. The molecule has 0 aromatic heterocycles. The summed E-state index contributed by atoms with van der Waals surface area (Å²) in [5.74, 6) is 0.520. The Morgan fingerprint density at radius 2 is 2.36 bits per heavy atom. The van der Waals surface area contributed by atoms with Crippen LogP contribution in [0.5, 0.6) is 0 Å². The molecule has 0 aliphatic heterocycles. The van der Waals surface area contributed by atoms with Crippen LogP contribution in [0.2, 0.25) is 0 Å². The summed E-state index contributed by atoms with van der Waals surface area (Å²) < 4.78 is 4.73. The van der Waals surface area contributed by atoms with Crippen molar-refractivity contribution < 1.29 is 9.53 Å². The first-order valence-electron chi connectivity index (χ1n) is 5.23. The number of methoxy groups -OCH3 is 1. The van der Waals surface area contributed by atoms with Crippen molar-refractivity contribution >= 4 is 5.91 Å². The first kappa shape index (κ1) is 11.5. The largest absolute Gasteiger partial charge is 0.375 e. The van der Waals surface area contributed by atoms with E-state index < -0.39 is 0 Å². The van der Waals surface area contributed by atoms with Gasteiger partial charge < -0.3 is 15.8 Å². The average Bonchev–Trinajstić information content (AvgIpc) is 2.15. The zero-order valence-corrected chi connectivity index (χ0v) is 8.79. The highest BCUT2D eigenvalue weighted by molar-refractivity contribution is 5.77. The van der Waals surface area contributed by atoms with Gasteiger partial charge in [-0.15, -0.1) is 0 Å². The maximum absolute atomic E-state index is 11.1. The third-order valence-electron chi connectivity index (χ3n) is 2.69. The average molecular weight is 200 g/mol. The Morgan fingerprint density at radius 3 is 3.00 bits per heavy atom. The molecule has 1 aliphatic carbocycles. The van der Waals surface area contributed by atoms with Gasteiger partial charge in [0.1, 0.15) is 6.61 Å². The lowest BCUT2D eigenvalue weighted by atomic mass is 9.86. The van der Waals surface area contributed by atoms with Gasteiger partial charge in [-0.3, -0.25) is 4.79 Å². The summed E-state index contributed by atoms with van der Waals surface area (Å²) in [6.45, 7) is 0.897. The Labute approximate surface area is 85.2 Å². The van der Waals surface area contributed by atoms with Crippen molar-refractivity contribution in [1.82, 2.24) is 5.32 Å². The lowest BCUT2D eigenvalue weighted by molar-refractivity contribution is -0.124. The molecule has 4 heteroatoms. The van der Waals surface area contributed by atoms with E-state index in [0.29, 0.717) is 12.0 Å². The molecule has 0 bridgehead atoms. The van der Waals surface area contributed by atoms with E-state index in [0.717, 1.165) is 19.4 Å². The molecule has 1 aliphatic rings. The topological polar surface area (TPSA) is 64.3 Å². The summed E-state index contributed by atoms with van der Waals surface area (Å²) in [5.41, 5.74) is 5.85. The molecular weight excluding hydrogens is 180 g/mol. The summed E-state index contributed by atoms with van der Waals surface area (Å²) in [5, 5.41) is 2.85. The summed E-state index contributed by atoms with van der Waals surface area (Å²) in [4.78, 5) is 11.1. The number of nitrogens with one attached hydrogen (secondary N) is 1. The number of carbonyl (C=O) groups excluding carboxylic acids is 1. The molecule has 0 spiro atoms. The maximum atomic E-state index is 11.1. The Balaban J connectivity index is 2.14. The molecule has 1 fully saturated rings. The molecule has 14 heavy (non-hydrogen) atoms. The highest BCUT2D eigenvalue weighted by Gasteiger charge is 2.19. The molecule has 82 valence electrons. The predicted molar refractivity (Wildman–Crippen MR) is 54.8 cm³/mol. The minimum Gasteiger partial charge on any atom is -0.375 e. The van der Waals surface area contributed by atoms with Gasteiger partial charge in [-0.05, 0) is 25.2 Å². The molecule has 1 rings (SSSR count). The van der Waals surface area contributed by atoms with E-state index in [4.69, 9.17) is 10.5 Å². The van der Waals surface area contributed by atoms with Gasteiger partial charge in [0.05, 0.1) is 0 Å². The Bertz CT molecular complexity index is 185. The number of ether oxygens (including phenoxy) is 1. The molecule has 0 aromatic carbocycles. The molecule has 3 N–H and O–H groups in total. The molecule has 2 unspecified atom stereocenters. The van der Waals surface area contributed by atoms with Crippen molar-refractivity contribution in [2.75, 3.05) is 20.3 Å². The normalized spacial score (nSPS) is 27.3. The van der Waals surface area contributed by atoms with E-state index in [2.05, 4.69) is 5.32 Å². The van der Waals surface area contributed by atoms with E-state index in [1.54, 1.807) is 0 Å². The van der Waals surface area contributed by atoms with Crippen LogP contribution in [0.25, 0.3) is 0 Å². The predicted octanol–water partition coefficient (Wildman–Crippen LogP) is 0.267. The van der Waals surface area contributed by atoms with Gasteiger partial charge in [0.25, 0.3) is 0 Å². The summed E-state index contributed by atoms with van der Waals surface area (Å²) >= 11 is 0. The number of rotatable bonds is 4. The van der Waals surface area contributed by atoms with Crippen molar-refractivity contribution in [2.45, 2.75) is 31.7 Å². The molecule has 4 nitrogen and oxygen atoms in total. The van der Waals surface area contributed by atoms with Crippen LogP contribution in [0.1, 0.15) is 25.7 Å². The first-order chi connectivity index (χ1) is 6.72. The lowest BCUT2D eigenvalue weighted by Gasteiger charge is -2.26. The maximum Gasteiger partial charge on any atom is 0.245 e. The summed E-state index contributed by atoms with van der Waals surface area (Å²) in [6, 6.07) is 0.327. The Hall–Kier alpha value is -0.610. The van der Waals surface area contributed by atoms with Gasteiger partial charge in [0, 0.05) is 19.7 Å². The van der Waals surface area contributed by atoms with Crippen molar-refractivity contribution in [3.63, 3.8) is 0 Å². The Kier molecular flexibility index (Phi) is 4.90. The van der Waals surface area contributed by atoms with Crippen LogP contribution in [0.4, 0.5) is 0 Å². The van der Waals surface area contributed by atoms with Gasteiger partial charge in [-0.25, -0.2) is 0 Å². The highest BCUT2D eigenvalue weighted by Crippen LogP contribution is 2.22. The third kappa shape index (κ3) is 4.07. The van der Waals surface area contributed by atoms with E-state index in [9.17, 15) is 4.79 Å². The van der Waals surface area contributed by atoms with Crippen molar-refractivity contribution in [3.05, 3.63) is 0 Å². The second-order valence-electron chi connectivity index (χ2n) is 4.03. The number of amides is 1. The van der Waals surface area contributed by atoms with Crippen molar-refractivity contribution in [2.24, 2.45) is 11.7 Å². The standard InChI is InChI=1S/C10H20N2O2/c1-14-7-10(13)12-6-8-3-2-4-9(11)5-8/h8-9H,2-7,11H2,1H3,(H,12,13). The zero-order valence-electron chi connectivity index (χ0n) is 8.79. The molecule has 1 saturated carbocycles. The first-order valence-corrected chi connectivity index (χ1v) is 5.23. The van der Waals surface area contributed by atoms with Crippen LogP contribution in [0.3, 0.4) is 0 Å². The fourth-order valence-electron chi connectivity index (χ4n) is 1.96. The smallest absolute Gasteiger partial charge is 0.245 e. The number of hydrogen-bond acceptors (Lipinski definition) is 3. The summed E-state index contributed by atoms with van der Waals surface area (Å²) in [6.07, 6.45) is 4.53. The van der Waals surface area contributed by atoms with E-state index in [1.165, 1.54) is 20.0 Å². The minimum atomic E-state index is -0.0355. The molecule has 2 atom stereocenters. The van der Waals surface area contributed by atoms with Crippen LogP contribution >= 0.6 is 0 Å². The lowest BCUT2D eigenvalue weighted by Crippen LogP contribution is -2.36. The molecule has 0 saturated heterocycles. The van der Waals surface area contributed by atoms with Crippen LogP contribution in [0, 0.1) is 5.92 Å². The SMILES string of the molecule is COCC(=O)NCC1CCCC(N)C1. The quantitative estimate of drug-likeness (QED) is 0.684. The fraction of sp³-hybridized carbons (Fsp3) is 0.900. The number of hydrogen-bond donors (Lipinski definition) is 2. The highest BCUT2D eigenvalue weighted by atomic mass is 16.5. The molecular formula is C10H20N2O2. The van der Waals surface area contributed by atoms with Crippen molar-refractivity contribution in [3.8, 4) is 0 Å². The van der Waals surface area contributed by atoms with Crippen LogP contribution in [-0.4, -0.2) is 32.2 Å². The van der Waals surface area contributed by atoms with Gasteiger partial charge in [-0.1, -0.05) is 6.42 Å². The minimum absolute atomic E-state index is 0.0355. The van der Waals surface area contributed by atoms with Gasteiger partial charge in [0.2, 0.25) is 5.91 Å². The summed E-state index contributed by atoms with van der Waals surface area (Å²) in [7, 11) is 1.52. The van der Waals surface area contributed by atoms with E-state index >= 15 is 0 Å². The molecule has 0 radical (unpaired) electrons. The van der Waals surface area contributed by atoms with Crippen molar-refractivity contribution in [1.29, 1.82) is 0 Å². The van der Waals surface area contributed by atoms with Crippen LogP contribution in [-0.2, 0) is 9.53 Å². The number of nitrogens with two attached hydrogens (primary N) is 1. The van der Waals surface area contributed by atoms with E-state index in [-0.39, 0.29) is 12.5 Å². The monoisotopic (exact) mass is 200 g/mol. The Morgan fingerprint density at radius 1 is 1.57 bits per heavy atom. The molecule has 0 heterocycles.